The zero-order valence-electron chi connectivity index (χ0n) is 17.6. The summed E-state index contributed by atoms with van der Waals surface area (Å²) in [7, 11) is 0. The van der Waals surface area contributed by atoms with Crippen LogP contribution in [-0.2, 0) is 11.4 Å². The highest BCUT2D eigenvalue weighted by Crippen LogP contribution is 2.32. The molecule has 8 heteroatoms. The smallest absolute Gasteiger partial charge is 0.285 e. The molecule has 0 radical (unpaired) electrons. The van der Waals surface area contributed by atoms with E-state index in [1.807, 2.05) is 49.4 Å². The molecule has 0 aromatic heterocycles. The van der Waals surface area contributed by atoms with Crippen LogP contribution in [0.4, 0.5) is 0 Å². The number of halogens is 1. The van der Waals surface area contributed by atoms with Gasteiger partial charge in [0.1, 0.15) is 12.4 Å². The van der Waals surface area contributed by atoms with Crippen LogP contribution in [0.3, 0.4) is 0 Å². The Bertz CT molecular complexity index is 1240. The Kier molecular flexibility index (Phi) is 7.13. The number of nitrogens with one attached hydrogen (secondary N) is 1. The van der Waals surface area contributed by atoms with Crippen LogP contribution in [0.25, 0.3) is 6.08 Å². The molecule has 166 valence electrons. The number of thioether (sulfide) groups is 1. The highest BCUT2D eigenvalue weighted by Gasteiger charge is 2.33. The van der Waals surface area contributed by atoms with Crippen molar-refractivity contribution in [2.45, 2.75) is 13.5 Å². The lowest BCUT2D eigenvalue weighted by molar-refractivity contribution is -0.123. The van der Waals surface area contributed by atoms with Crippen molar-refractivity contribution < 1.29 is 14.3 Å². The molecule has 3 aromatic carbocycles. The number of benzene rings is 3. The van der Waals surface area contributed by atoms with Gasteiger partial charge in [-0.05, 0) is 72.7 Å². The van der Waals surface area contributed by atoms with Crippen LogP contribution in [0.2, 0.25) is 5.02 Å². The number of amides is 2. The fraction of sp³-hybridized carbons (Fsp3) is 0.0800. The summed E-state index contributed by atoms with van der Waals surface area (Å²) in [6.45, 7) is 2.52. The lowest BCUT2D eigenvalue weighted by atomic mass is 10.1. The maximum atomic E-state index is 12.8. The van der Waals surface area contributed by atoms with Crippen molar-refractivity contribution in [3.8, 4) is 5.75 Å². The average Bonchev–Trinajstić information content (AvgIpc) is 3.06. The first-order valence-corrected chi connectivity index (χ1v) is 11.6. The zero-order chi connectivity index (χ0) is 23.4. The molecule has 0 spiro atoms. The van der Waals surface area contributed by atoms with Gasteiger partial charge in [0.05, 0.1) is 4.91 Å². The molecule has 33 heavy (non-hydrogen) atoms. The Morgan fingerprint density at radius 3 is 2.55 bits per heavy atom. The van der Waals surface area contributed by atoms with E-state index in [9.17, 15) is 9.59 Å². The molecule has 0 aliphatic carbocycles. The van der Waals surface area contributed by atoms with Crippen LogP contribution < -0.4 is 10.2 Å². The SMILES string of the molecule is Cc1cccc(COc2ccc(/C=C3/SC(=S)N(NC(=O)c4ccc(Cl)cc4)C3=O)cc2)c1. The number of carbonyl (C=O) groups is 2. The monoisotopic (exact) mass is 494 g/mol. The third kappa shape index (κ3) is 5.82. The molecule has 1 fully saturated rings. The molecular weight excluding hydrogens is 476 g/mol. The van der Waals surface area contributed by atoms with Crippen LogP contribution in [0.5, 0.6) is 5.75 Å². The number of nitrogens with zero attached hydrogens (tertiary/aromatic N) is 1. The number of hydrogen-bond donors (Lipinski definition) is 1. The zero-order valence-corrected chi connectivity index (χ0v) is 20.0. The molecule has 1 aliphatic rings. The van der Waals surface area contributed by atoms with Crippen LogP contribution in [0.15, 0.2) is 77.7 Å². The van der Waals surface area contributed by atoms with Crippen molar-refractivity contribution >= 4 is 57.8 Å². The van der Waals surface area contributed by atoms with Crippen LogP contribution in [0, 0.1) is 6.92 Å². The molecule has 0 atom stereocenters. The lowest BCUT2D eigenvalue weighted by Gasteiger charge is -2.15. The number of carbonyl (C=O) groups excluding carboxylic acids is 2. The highest BCUT2D eigenvalue weighted by molar-refractivity contribution is 8.26. The number of hydrogen-bond acceptors (Lipinski definition) is 5. The normalized spacial score (nSPS) is 14.6. The van der Waals surface area contributed by atoms with Crippen molar-refractivity contribution in [2.75, 3.05) is 0 Å². The first kappa shape index (κ1) is 23.0. The molecule has 1 N–H and O–H groups in total. The average molecular weight is 495 g/mol. The topological polar surface area (TPSA) is 58.6 Å². The molecule has 1 heterocycles. The third-order valence-corrected chi connectivity index (χ3v) is 6.33. The van der Waals surface area contributed by atoms with Gasteiger partial charge >= 0.3 is 0 Å². The summed E-state index contributed by atoms with van der Waals surface area (Å²) in [5.41, 5.74) is 6.04. The quantitative estimate of drug-likeness (QED) is 0.348. The number of hydrazine groups is 1. The summed E-state index contributed by atoms with van der Waals surface area (Å²) in [6.07, 6.45) is 1.73. The third-order valence-electron chi connectivity index (χ3n) is 4.78. The number of rotatable bonds is 6. The Morgan fingerprint density at radius 1 is 1.12 bits per heavy atom. The van der Waals surface area contributed by atoms with Gasteiger partial charge in [-0.2, -0.15) is 5.01 Å². The molecule has 0 unspecified atom stereocenters. The minimum Gasteiger partial charge on any atom is -0.489 e. The summed E-state index contributed by atoms with van der Waals surface area (Å²) >= 11 is 12.3. The van der Waals surface area contributed by atoms with E-state index in [4.69, 9.17) is 28.6 Å². The standard InChI is InChI=1S/C25H19ClN2O3S2/c1-16-3-2-4-18(13-16)15-31-21-11-5-17(6-12-21)14-22-24(30)28(25(32)33-22)27-23(29)19-7-9-20(26)10-8-19/h2-14H,15H2,1H3,(H,27,29)/b22-14+. The van der Waals surface area contributed by atoms with Crippen LogP contribution in [0.1, 0.15) is 27.0 Å². The first-order chi connectivity index (χ1) is 15.9. The van der Waals surface area contributed by atoms with Crippen molar-refractivity contribution in [1.29, 1.82) is 0 Å². The minimum absolute atomic E-state index is 0.256. The second-order valence-electron chi connectivity index (χ2n) is 7.31. The number of thiocarbonyl (C=S) groups is 1. The van der Waals surface area contributed by atoms with E-state index in [1.165, 1.54) is 5.56 Å². The van der Waals surface area contributed by atoms with E-state index in [1.54, 1.807) is 30.3 Å². The fourth-order valence-electron chi connectivity index (χ4n) is 3.11. The summed E-state index contributed by atoms with van der Waals surface area (Å²) in [5.74, 6) is -0.0946. The van der Waals surface area contributed by atoms with Crippen molar-refractivity contribution in [3.05, 3.63) is 105 Å². The Morgan fingerprint density at radius 2 is 1.85 bits per heavy atom. The maximum absolute atomic E-state index is 12.8. The van der Waals surface area contributed by atoms with Crippen molar-refractivity contribution in [1.82, 2.24) is 10.4 Å². The van der Waals surface area contributed by atoms with Gasteiger partial charge in [-0.3, -0.25) is 15.0 Å². The number of ether oxygens (including phenoxy) is 1. The minimum atomic E-state index is -0.445. The van der Waals surface area contributed by atoms with E-state index in [2.05, 4.69) is 11.5 Å². The lowest BCUT2D eigenvalue weighted by Crippen LogP contribution is -2.44. The second kappa shape index (κ2) is 10.2. The summed E-state index contributed by atoms with van der Waals surface area (Å²) in [6, 6.07) is 22.0. The first-order valence-electron chi connectivity index (χ1n) is 10.0. The van der Waals surface area contributed by atoms with Crippen LogP contribution >= 0.6 is 35.6 Å². The molecule has 5 nitrogen and oxygen atoms in total. The van der Waals surface area contributed by atoms with E-state index in [0.29, 0.717) is 22.1 Å². The van der Waals surface area contributed by atoms with Gasteiger partial charge in [0.25, 0.3) is 11.8 Å². The van der Waals surface area contributed by atoms with Crippen molar-refractivity contribution in [2.24, 2.45) is 0 Å². The maximum Gasteiger partial charge on any atom is 0.285 e. The van der Waals surface area contributed by atoms with Gasteiger partial charge in [0, 0.05) is 10.6 Å². The van der Waals surface area contributed by atoms with Gasteiger partial charge in [0.15, 0.2) is 4.32 Å². The van der Waals surface area contributed by atoms with E-state index < -0.39 is 5.91 Å². The predicted molar refractivity (Wildman–Crippen MR) is 136 cm³/mol. The largest absolute Gasteiger partial charge is 0.489 e. The van der Waals surface area contributed by atoms with Crippen LogP contribution in [-0.4, -0.2) is 21.1 Å². The number of aryl methyl sites for hydroxylation is 1. The van der Waals surface area contributed by atoms with Gasteiger partial charge in [0.2, 0.25) is 0 Å². The van der Waals surface area contributed by atoms with E-state index in [-0.39, 0.29) is 10.2 Å². The Balaban J connectivity index is 1.39. The van der Waals surface area contributed by atoms with Gasteiger partial charge < -0.3 is 4.74 Å². The summed E-state index contributed by atoms with van der Waals surface area (Å²) < 4.78 is 6.10. The van der Waals surface area contributed by atoms with Crippen molar-refractivity contribution in [3.63, 3.8) is 0 Å². The summed E-state index contributed by atoms with van der Waals surface area (Å²) in [4.78, 5) is 25.6. The molecule has 0 bridgehead atoms. The summed E-state index contributed by atoms with van der Waals surface area (Å²) in [5, 5.41) is 1.61. The van der Waals surface area contributed by atoms with E-state index in [0.717, 1.165) is 33.6 Å². The van der Waals surface area contributed by atoms with Gasteiger partial charge in [-0.25, -0.2) is 0 Å². The van der Waals surface area contributed by atoms with Gasteiger partial charge in [-0.15, -0.1) is 0 Å². The fourth-order valence-corrected chi connectivity index (χ4v) is 4.42. The molecular formula is C25H19ClN2O3S2. The molecule has 4 rings (SSSR count). The Labute approximate surface area is 206 Å². The molecule has 0 saturated carbocycles. The second-order valence-corrected chi connectivity index (χ2v) is 9.42. The Hall–Kier alpha value is -3.13. The van der Waals surface area contributed by atoms with E-state index >= 15 is 0 Å². The molecule has 3 aromatic rings. The molecule has 1 saturated heterocycles. The molecule has 2 amide bonds. The molecule has 1 aliphatic heterocycles. The predicted octanol–water partition coefficient (Wildman–Crippen LogP) is 5.77. The van der Waals surface area contributed by atoms with Gasteiger partial charge in [-0.1, -0.05) is 65.3 Å². The highest BCUT2D eigenvalue weighted by atomic mass is 35.5.